The van der Waals surface area contributed by atoms with Gasteiger partial charge in [-0.1, -0.05) is 20.3 Å². The van der Waals surface area contributed by atoms with Crippen LogP contribution in [0.15, 0.2) is 0 Å². The van der Waals surface area contributed by atoms with E-state index < -0.39 is 72.0 Å². The number of hydrogen-bond acceptors (Lipinski definition) is 8. The lowest BCUT2D eigenvalue weighted by atomic mass is 9.98. The second-order valence-electron chi connectivity index (χ2n) is 8.11. The number of nitrogens with two attached hydrogens (primary N) is 4. The van der Waals surface area contributed by atoms with E-state index in [-0.39, 0.29) is 31.6 Å². The Morgan fingerprint density at radius 1 is 0.714 bits per heavy atom. The zero-order valence-electron chi connectivity index (χ0n) is 19.7. The van der Waals surface area contributed by atoms with Crippen molar-refractivity contribution in [1.29, 1.82) is 0 Å². The van der Waals surface area contributed by atoms with Gasteiger partial charge in [0.15, 0.2) is 0 Å². The number of carboxylic acid groups (broad SMARTS) is 1. The number of carbonyl (C=O) groups excluding carboxylic acids is 6. The Bertz CT molecular complexity index is 819. The molecule has 35 heavy (non-hydrogen) atoms. The SMILES string of the molecule is CCC(C)C(N)C(=O)NC(CCC(N)=O)C(=O)NC(CC(N)=O)C(=O)NC(CCC(N)=O)C(=O)O. The van der Waals surface area contributed by atoms with Gasteiger partial charge < -0.3 is 44.0 Å². The van der Waals surface area contributed by atoms with E-state index in [0.29, 0.717) is 6.42 Å². The molecule has 0 spiro atoms. The summed E-state index contributed by atoms with van der Waals surface area (Å²) in [4.78, 5) is 82.9. The molecule has 0 aromatic rings. The second kappa shape index (κ2) is 15.2. The summed E-state index contributed by atoms with van der Waals surface area (Å²) in [6, 6.07) is -5.47. The molecule has 5 atom stereocenters. The van der Waals surface area contributed by atoms with Crippen molar-refractivity contribution >= 4 is 41.4 Å². The summed E-state index contributed by atoms with van der Waals surface area (Å²) in [5, 5.41) is 16.0. The van der Waals surface area contributed by atoms with Crippen LogP contribution in [-0.4, -0.2) is 70.7 Å². The molecule has 0 aromatic heterocycles. The molecule has 0 aliphatic rings. The highest BCUT2D eigenvalue weighted by atomic mass is 16.4. The molecule has 0 saturated carbocycles. The van der Waals surface area contributed by atoms with Gasteiger partial charge in [-0.2, -0.15) is 0 Å². The fourth-order valence-corrected chi connectivity index (χ4v) is 2.83. The molecule has 0 rings (SSSR count). The van der Waals surface area contributed by atoms with Crippen molar-refractivity contribution in [3.8, 4) is 0 Å². The number of hydrogen-bond donors (Lipinski definition) is 8. The summed E-state index contributed by atoms with van der Waals surface area (Å²) in [6.45, 7) is 3.54. The smallest absolute Gasteiger partial charge is 0.326 e. The summed E-state index contributed by atoms with van der Waals surface area (Å²) in [5.74, 6) is -6.97. The number of aliphatic carboxylic acids is 1. The first-order valence-corrected chi connectivity index (χ1v) is 10.9. The number of carboxylic acids is 1. The number of nitrogens with one attached hydrogen (secondary N) is 3. The Morgan fingerprint density at radius 2 is 1.14 bits per heavy atom. The minimum atomic E-state index is -1.62. The van der Waals surface area contributed by atoms with Crippen molar-refractivity contribution in [3.63, 3.8) is 0 Å². The number of carbonyl (C=O) groups is 7. The van der Waals surface area contributed by atoms with E-state index in [9.17, 15) is 38.7 Å². The van der Waals surface area contributed by atoms with Gasteiger partial charge in [0.05, 0.1) is 12.5 Å². The summed E-state index contributed by atoms with van der Waals surface area (Å²) in [5.41, 5.74) is 21.1. The predicted octanol–water partition coefficient (Wildman–Crippen LogP) is -3.69. The first-order valence-electron chi connectivity index (χ1n) is 10.9. The van der Waals surface area contributed by atoms with Gasteiger partial charge in [-0.15, -0.1) is 0 Å². The maximum absolute atomic E-state index is 12.9. The molecular formula is C20H35N7O8. The largest absolute Gasteiger partial charge is 0.480 e. The minimum Gasteiger partial charge on any atom is -0.480 e. The molecule has 0 bridgehead atoms. The quantitative estimate of drug-likeness (QED) is 0.0971. The maximum Gasteiger partial charge on any atom is 0.326 e. The Hall–Kier alpha value is -3.75. The van der Waals surface area contributed by atoms with Crippen LogP contribution in [0.2, 0.25) is 0 Å². The highest BCUT2D eigenvalue weighted by Gasteiger charge is 2.32. The molecule has 0 fully saturated rings. The summed E-state index contributed by atoms with van der Waals surface area (Å²) < 4.78 is 0. The van der Waals surface area contributed by atoms with Crippen molar-refractivity contribution in [1.82, 2.24) is 16.0 Å². The van der Waals surface area contributed by atoms with E-state index in [4.69, 9.17) is 22.9 Å². The lowest BCUT2D eigenvalue weighted by molar-refractivity contribution is -0.142. The monoisotopic (exact) mass is 501 g/mol. The molecule has 0 aliphatic carbocycles. The van der Waals surface area contributed by atoms with Crippen LogP contribution < -0.4 is 38.9 Å². The van der Waals surface area contributed by atoms with E-state index in [1.165, 1.54) is 0 Å². The molecule has 0 saturated heterocycles. The average molecular weight is 502 g/mol. The van der Waals surface area contributed by atoms with Crippen LogP contribution in [0, 0.1) is 5.92 Å². The van der Waals surface area contributed by atoms with E-state index in [2.05, 4.69) is 16.0 Å². The van der Waals surface area contributed by atoms with Gasteiger partial charge in [0.1, 0.15) is 18.1 Å². The first-order chi connectivity index (χ1) is 16.2. The first kappa shape index (κ1) is 31.2. The summed E-state index contributed by atoms with van der Waals surface area (Å²) >= 11 is 0. The molecule has 15 nitrogen and oxygen atoms in total. The van der Waals surface area contributed by atoms with Crippen molar-refractivity contribution in [2.75, 3.05) is 0 Å². The number of rotatable bonds is 17. The average Bonchev–Trinajstić information content (AvgIpc) is 2.76. The zero-order valence-corrected chi connectivity index (χ0v) is 19.7. The summed E-state index contributed by atoms with van der Waals surface area (Å²) in [6.07, 6.45) is -1.34. The van der Waals surface area contributed by atoms with Gasteiger partial charge in [0, 0.05) is 12.8 Å². The topological polar surface area (TPSA) is 280 Å². The highest BCUT2D eigenvalue weighted by Crippen LogP contribution is 2.08. The highest BCUT2D eigenvalue weighted by molar-refractivity contribution is 5.96. The second-order valence-corrected chi connectivity index (χ2v) is 8.11. The van der Waals surface area contributed by atoms with Gasteiger partial charge in [0.25, 0.3) is 0 Å². The van der Waals surface area contributed by atoms with E-state index in [1.807, 2.05) is 6.92 Å². The lowest BCUT2D eigenvalue weighted by Crippen LogP contribution is -2.58. The van der Waals surface area contributed by atoms with Gasteiger partial charge in [-0.25, -0.2) is 4.79 Å². The van der Waals surface area contributed by atoms with Gasteiger partial charge in [-0.3, -0.25) is 28.8 Å². The Labute approximate surface area is 202 Å². The predicted molar refractivity (Wildman–Crippen MR) is 122 cm³/mol. The molecular weight excluding hydrogens is 466 g/mol. The van der Waals surface area contributed by atoms with Crippen LogP contribution in [0.4, 0.5) is 0 Å². The van der Waals surface area contributed by atoms with Crippen LogP contribution >= 0.6 is 0 Å². The van der Waals surface area contributed by atoms with Crippen molar-refractivity contribution in [2.24, 2.45) is 28.9 Å². The third-order valence-corrected chi connectivity index (χ3v) is 5.20. The van der Waals surface area contributed by atoms with Crippen LogP contribution in [0.1, 0.15) is 52.4 Å². The Morgan fingerprint density at radius 3 is 1.57 bits per heavy atom. The molecule has 15 heteroatoms. The van der Waals surface area contributed by atoms with Crippen molar-refractivity contribution in [3.05, 3.63) is 0 Å². The van der Waals surface area contributed by atoms with E-state index >= 15 is 0 Å². The Balaban J connectivity index is 5.63. The van der Waals surface area contributed by atoms with Crippen LogP contribution in [0.3, 0.4) is 0 Å². The summed E-state index contributed by atoms with van der Waals surface area (Å²) in [7, 11) is 0. The van der Waals surface area contributed by atoms with Crippen molar-refractivity contribution < 1.29 is 38.7 Å². The third-order valence-electron chi connectivity index (χ3n) is 5.20. The molecule has 0 aromatic carbocycles. The standard InChI is InChI=1S/C20H35N7O8/c1-3-9(2)16(24)19(33)25-10(4-6-13(21)28)17(31)27-12(8-15(23)30)18(32)26-11(20(34)35)5-7-14(22)29/h9-12,16H,3-8,24H2,1-2H3,(H2,21,28)(H2,22,29)(H2,23,30)(H,25,33)(H,26,32)(H,27,31)(H,34,35). The van der Waals surface area contributed by atoms with Crippen molar-refractivity contribution in [2.45, 2.75) is 76.5 Å². The van der Waals surface area contributed by atoms with Gasteiger partial charge in [0.2, 0.25) is 35.4 Å². The molecule has 12 N–H and O–H groups in total. The van der Waals surface area contributed by atoms with E-state index in [0.717, 1.165) is 0 Å². The normalized spacial score (nSPS) is 14.9. The molecule has 0 radical (unpaired) electrons. The fourth-order valence-electron chi connectivity index (χ4n) is 2.83. The molecule has 6 amide bonds. The molecule has 0 heterocycles. The Kier molecular flexibility index (Phi) is 13.6. The van der Waals surface area contributed by atoms with Crippen LogP contribution in [0.25, 0.3) is 0 Å². The molecule has 198 valence electrons. The zero-order chi connectivity index (χ0) is 27.3. The number of amides is 6. The van der Waals surface area contributed by atoms with Gasteiger partial charge in [-0.05, 0) is 18.8 Å². The number of primary amides is 3. The lowest BCUT2D eigenvalue weighted by Gasteiger charge is -2.25. The molecule has 5 unspecified atom stereocenters. The third kappa shape index (κ3) is 12.3. The van der Waals surface area contributed by atoms with Gasteiger partial charge >= 0.3 is 5.97 Å². The maximum atomic E-state index is 12.9. The fraction of sp³-hybridized carbons (Fsp3) is 0.650. The van der Waals surface area contributed by atoms with E-state index in [1.54, 1.807) is 6.92 Å². The minimum absolute atomic E-state index is 0.225. The van der Waals surface area contributed by atoms with Crippen LogP contribution in [-0.2, 0) is 33.6 Å². The van der Waals surface area contributed by atoms with Crippen LogP contribution in [0.5, 0.6) is 0 Å². The molecule has 0 aliphatic heterocycles.